The topological polar surface area (TPSA) is 38.3 Å². The van der Waals surface area contributed by atoms with E-state index in [0.717, 1.165) is 5.56 Å². The van der Waals surface area contributed by atoms with Crippen LogP contribution in [0.3, 0.4) is 0 Å². The number of benzene rings is 2. The number of carbonyl (C=O) groups is 1. The fourth-order valence-electron chi connectivity index (χ4n) is 2.97. The van der Waals surface area contributed by atoms with Crippen LogP contribution in [0.1, 0.15) is 18.4 Å². The van der Waals surface area contributed by atoms with Gasteiger partial charge in [-0.1, -0.05) is 59.6 Å². The van der Waals surface area contributed by atoms with Gasteiger partial charge in [0, 0.05) is 13.2 Å². The van der Waals surface area contributed by atoms with Crippen LogP contribution in [0.4, 0.5) is 5.69 Å². The number of hydrogen-bond acceptors (Lipinski definition) is 2. The Balaban J connectivity index is 1.96. The van der Waals surface area contributed by atoms with E-state index in [-0.39, 0.29) is 5.91 Å². The molecular formula is C18H17Cl2NO2. The summed E-state index contributed by atoms with van der Waals surface area (Å²) in [7, 11) is 0. The number of ether oxygens (including phenoxy) is 1. The molecule has 0 radical (unpaired) electrons. The molecule has 0 unspecified atom stereocenters. The number of anilines is 1. The zero-order chi connectivity index (χ0) is 16.3. The maximum Gasteiger partial charge on any atom is 0.235 e. The Hall–Kier alpha value is -1.55. The molecule has 0 aromatic heterocycles. The monoisotopic (exact) mass is 349 g/mol. The summed E-state index contributed by atoms with van der Waals surface area (Å²) in [4.78, 5) is 13.1. The van der Waals surface area contributed by atoms with E-state index in [1.165, 1.54) is 0 Å². The molecule has 3 rings (SSSR count). The third-order valence-electron chi connectivity index (χ3n) is 4.31. The first-order chi connectivity index (χ1) is 11.1. The zero-order valence-electron chi connectivity index (χ0n) is 12.5. The van der Waals surface area contributed by atoms with E-state index in [1.54, 1.807) is 18.2 Å². The molecule has 120 valence electrons. The molecular weight excluding hydrogens is 333 g/mol. The average molecular weight is 350 g/mol. The van der Waals surface area contributed by atoms with Crippen molar-refractivity contribution in [3.05, 3.63) is 64.1 Å². The molecule has 0 saturated carbocycles. The van der Waals surface area contributed by atoms with E-state index < -0.39 is 5.41 Å². The quantitative estimate of drug-likeness (QED) is 0.873. The Bertz CT molecular complexity index is 677. The van der Waals surface area contributed by atoms with Crippen molar-refractivity contribution in [2.24, 2.45) is 0 Å². The fourth-order valence-corrected chi connectivity index (χ4v) is 3.47. The minimum Gasteiger partial charge on any atom is -0.381 e. The number of rotatable bonds is 3. The van der Waals surface area contributed by atoms with Gasteiger partial charge in [0.15, 0.2) is 0 Å². The van der Waals surface area contributed by atoms with Crippen molar-refractivity contribution in [2.75, 3.05) is 18.5 Å². The van der Waals surface area contributed by atoms with Gasteiger partial charge >= 0.3 is 0 Å². The second kappa shape index (κ2) is 6.91. The number of carbonyl (C=O) groups excluding carboxylic acids is 1. The molecule has 2 aromatic carbocycles. The number of para-hydroxylation sites is 1. The largest absolute Gasteiger partial charge is 0.381 e. The molecule has 1 aliphatic rings. The van der Waals surface area contributed by atoms with Gasteiger partial charge in [-0.25, -0.2) is 0 Å². The Morgan fingerprint density at radius 2 is 1.57 bits per heavy atom. The van der Waals surface area contributed by atoms with Crippen LogP contribution in [0.2, 0.25) is 10.0 Å². The van der Waals surface area contributed by atoms with Crippen LogP contribution >= 0.6 is 23.2 Å². The van der Waals surface area contributed by atoms with Crippen LogP contribution in [0.25, 0.3) is 0 Å². The average Bonchev–Trinajstić information content (AvgIpc) is 2.59. The standard InChI is InChI=1S/C18H17Cl2NO2/c19-14-7-4-8-15(20)16(14)21-17(22)18(9-11-23-12-10-18)13-5-2-1-3-6-13/h1-8H,9-12H2,(H,21,22). The van der Waals surface area contributed by atoms with Crippen LogP contribution in [-0.2, 0) is 14.9 Å². The molecule has 3 nitrogen and oxygen atoms in total. The molecule has 5 heteroatoms. The first kappa shape index (κ1) is 16.3. The van der Waals surface area contributed by atoms with Crippen LogP contribution in [-0.4, -0.2) is 19.1 Å². The molecule has 0 bridgehead atoms. The Kier molecular flexibility index (Phi) is 4.90. The van der Waals surface area contributed by atoms with Crippen molar-refractivity contribution >= 4 is 34.8 Å². The molecule has 1 aliphatic heterocycles. The molecule has 0 aliphatic carbocycles. The third-order valence-corrected chi connectivity index (χ3v) is 4.94. The summed E-state index contributed by atoms with van der Waals surface area (Å²) in [6, 6.07) is 15.0. The molecule has 1 N–H and O–H groups in total. The number of hydrogen-bond donors (Lipinski definition) is 1. The van der Waals surface area contributed by atoms with Gasteiger partial charge in [0.2, 0.25) is 5.91 Å². The van der Waals surface area contributed by atoms with Gasteiger partial charge in [-0.2, -0.15) is 0 Å². The summed E-state index contributed by atoms with van der Waals surface area (Å²) >= 11 is 12.4. The molecule has 1 heterocycles. The summed E-state index contributed by atoms with van der Waals surface area (Å²) in [5.41, 5.74) is 0.828. The highest BCUT2D eigenvalue weighted by Gasteiger charge is 2.41. The van der Waals surface area contributed by atoms with Crippen molar-refractivity contribution in [3.8, 4) is 0 Å². The molecule has 1 amide bonds. The van der Waals surface area contributed by atoms with Gasteiger partial charge in [-0.15, -0.1) is 0 Å². The van der Waals surface area contributed by atoms with E-state index in [9.17, 15) is 4.79 Å². The van der Waals surface area contributed by atoms with E-state index in [0.29, 0.717) is 41.8 Å². The van der Waals surface area contributed by atoms with E-state index in [2.05, 4.69) is 5.32 Å². The van der Waals surface area contributed by atoms with Gasteiger partial charge in [0.25, 0.3) is 0 Å². The highest BCUT2D eigenvalue weighted by atomic mass is 35.5. The summed E-state index contributed by atoms with van der Waals surface area (Å²) < 4.78 is 5.46. The SMILES string of the molecule is O=C(Nc1c(Cl)cccc1Cl)C1(c2ccccc2)CCOCC1. The van der Waals surface area contributed by atoms with Gasteiger partial charge in [-0.3, -0.25) is 4.79 Å². The molecule has 1 fully saturated rings. The smallest absolute Gasteiger partial charge is 0.235 e. The first-order valence-corrected chi connectivity index (χ1v) is 8.28. The van der Waals surface area contributed by atoms with E-state index >= 15 is 0 Å². The second-order valence-electron chi connectivity index (χ2n) is 5.61. The Labute approximate surface area is 145 Å². The number of nitrogens with one attached hydrogen (secondary N) is 1. The summed E-state index contributed by atoms with van der Waals surface area (Å²) in [5, 5.41) is 3.79. The first-order valence-electron chi connectivity index (χ1n) is 7.52. The minimum atomic E-state index is -0.623. The maximum atomic E-state index is 13.1. The van der Waals surface area contributed by atoms with Gasteiger partial charge in [0.05, 0.1) is 21.1 Å². The molecule has 23 heavy (non-hydrogen) atoms. The minimum absolute atomic E-state index is 0.0954. The summed E-state index contributed by atoms with van der Waals surface area (Å²) in [6.45, 7) is 1.11. The zero-order valence-corrected chi connectivity index (χ0v) is 14.0. The van der Waals surface area contributed by atoms with Gasteiger partial charge < -0.3 is 10.1 Å². The molecule has 1 saturated heterocycles. The lowest BCUT2D eigenvalue weighted by molar-refractivity contribution is -0.125. The maximum absolute atomic E-state index is 13.1. The number of halogens is 2. The van der Waals surface area contributed by atoms with Gasteiger partial charge in [0.1, 0.15) is 0 Å². The lowest BCUT2D eigenvalue weighted by Gasteiger charge is -2.36. The fraction of sp³-hybridized carbons (Fsp3) is 0.278. The van der Waals surface area contributed by atoms with Crippen LogP contribution in [0.5, 0.6) is 0 Å². The summed E-state index contributed by atoms with van der Waals surface area (Å²) in [5.74, 6) is -0.0954. The van der Waals surface area contributed by atoms with Gasteiger partial charge in [-0.05, 0) is 30.5 Å². The van der Waals surface area contributed by atoms with Crippen molar-refractivity contribution in [1.82, 2.24) is 0 Å². The van der Waals surface area contributed by atoms with Crippen LogP contribution in [0, 0.1) is 0 Å². The predicted octanol–water partition coefficient (Wildman–Crippen LogP) is 4.68. The second-order valence-corrected chi connectivity index (χ2v) is 6.43. The highest BCUT2D eigenvalue weighted by molar-refractivity contribution is 6.39. The third kappa shape index (κ3) is 3.23. The van der Waals surface area contributed by atoms with Crippen molar-refractivity contribution in [1.29, 1.82) is 0 Å². The number of amides is 1. The molecule has 0 spiro atoms. The predicted molar refractivity (Wildman–Crippen MR) is 93.3 cm³/mol. The highest BCUT2D eigenvalue weighted by Crippen LogP contribution is 2.38. The Morgan fingerprint density at radius 3 is 2.17 bits per heavy atom. The van der Waals surface area contributed by atoms with Crippen molar-refractivity contribution in [2.45, 2.75) is 18.3 Å². The van der Waals surface area contributed by atoms with Crippen molar-refractivity contribution < 1.29 is 9.53 Å². The molecule has 0 atom stereocenters. The summed E-state index contributed by atoms with van der Waals surface area (Å²) in [6.07, 6.45) is 1.26. The van der Waals surface area contributed by atoms with Crippen LogP contribution in [0.15, 0.2) is 48.5 Å². The normalized spacial score (nSPS) is 16.8. The molecule has 2 aromatic rings. The van der Waals surface area contributed by atoms with E-state index in [4.69, 9.17) is 27.9 Å². The Morgan fingerprint density at radius 1 is 0.957 bits per heavy atom. The van der Waals surface area contributed by atoms with E-state index in [1.807, 2.05) is 30.3 Å². The van der Waals surface area contributed by atoms with Crippen molar-refractivity contribution in [3.63, 3.8) is 0 Å². The van der Waals surface area contributed by atoms with Crippen LogP contribution < -0.4 is 5.32 Å². The lowest BCUT2D eigenvalue weighted by atomic mass is 9.73. The lowest BCUT2D eigenvalue weighted by Crippen LogP contribution is -2.44.